The number of hydrogen-bond donors (Lipinski definition) is 3. The molecule has 0 amide bonds. The van der Waals surface area contributed by atoms with Gasteiger partial charge in [-0.2, -0.15) is 0 Å². The highest BCUT2D eigenvalue weighted by Crippen LogP contribution is 2.12. The van der Waals surface area contributed by atoms with Gasteiger partial charge < -0.3 is 15.2 Å². The van der Waals surface area contributed by atoms with Crippen molar-refractivity contribution in [1.82, 2.24) is 10.4 Å². The zero-order valence-electron chi connectivity index (χ0n) is 10.8. The fourth-order valence-electron chi connectivity index (χ4n) is 1.59. The highest BCUT2D eigenvalue weighted by atomic mass is 16.5. The number of nitrogen functional groups attached to an aromatic ring is 1. The van der Waals surface area contributed by atoms with Crippen LogP contribution in [0, 0.1) is 0 Å². The average Bonchev–Trinajstić information content (AvgIpc) is 2.39. The van der Waals surface area contributed by atoms with Gasteiger partial charge >= 0.3 is 0 Å². The van der Waals surface area contributed by atoms with Gasteiger partial charge in [0.25, 0.3) is 0 Å². The molecule has 6 nitrogen and oxygen atoms in total. The summed E-state index contributed by atoms with van der Waals surface area (Å²) in [4.78, 5) is 4.06. The minimum Gasteiger partial charge on any atom is -0.398 e. The maximum absolute atomic E-state index is 5.86. The molecule has 102 valence electrons. The van der Waals surface area contributed by atoms with E-state index in [0.29, 0.717) is 19.8 Å². The number of hydrazine groups is 1. The number of aromatic nitrogens is 1. The zero-order valence-corrected chi connectivity index (χ0v) is 10.8. The molecule has 6 heteroatoms. The molecule has 0 saturated heterocycles. The number of rotatable bonds is 9. The lowest BCUT2D eigenvalue weighted by Crippen LogP contribution is -2.37. The quantitative estimate of drug-likeness (QED) is 0.328. The first kappa shape index (κ1) is 14.8. The predicted molar refractivity (Wildman–Crippen MR) is 70.8 cm³/mol. The van der Waals surface area contributed by atoms with Crippen molar-refractivity contribution in [2.75, 3.05) is 32.7 Å². The summed E-state index contributed by atoms with van der Waals surface area (Å²) in [5, 5.41) is 0. The molecule has 1 aromatic heterocycles. The zero-order chi connectivity index (χ0) is 13.2. The number of nitrogens with zero attached hydrogens (tertiary/aromatic N) is 1. The summed E-state index contributed by atoms with van der Waals surface area (Å²) in [6, 6.07) is 1.91. The molecule has 1 unspecified atom stereocenters. The molecular formula is C12H22N4O2. The Morgan fingerprint density at radius 1 is 1.39 bits per heavy atom. The van der Waals surface area contributed by atoms with Crippen molar-refractivity contribution in [2.24, 2.45) is 5.84 Å². The molecule has 1 aromatic rings. The summed E-state index contributed by atoms with van der Waals surface area (Å²) >= 11 is 0. The minimum atomic E-state index is 0.124. The molecule has 5 N–H and O–H groups in total. The number of nitrogens with two attached hydrogens (primary N) is 2. The van der Waals surface area contributed by atoms with Crippen LogP contribution in [-0.4, -0.2) is 38.0 Å². The van der Waals surface area contributed by atoms with Crippen LogP contribution in [-0.2, 0) is 15.9 Å². The largest absolute Gasteiger partial charge is 0.398 e. The van der Waals surface area contributed by atoms with Gasteiger partial charge in [0.05, 0.1) is 13.2 Å². The Hall–Kier alpha value is -1.21. The molecule has 0 saturated carbocycles. The Morgan fingerprint density at radius 3 is 2.89 bits per heavy atom. The molecular weight excluding hydrogens is 232 g/mol. The first-order chi connectivity index (χ1) is 8.77. The number of nitrogens with one attached hydrogen (secondary N) is 1. The Kier molecular flexibility index (Phi) is 7.28. The van der Waals surface area contributed by atoms with Crippen molar-refractivity contribution in [3.63, 3.8) is 0 Å². The van der Waals surface area contributed by atoms with Gasteiger partial charge in [0.15, 0.2) is 0 Å². The molecule has 0 fully saturated rings. The number of anilines is 1. The SMILES string of the molecule is COCCOCCC(Cc1cnccc1N)NN. The maximum Gasteiger partial charge on any atom is 0.0700 e. The van der Waals surface area contributed by atoms with Crippen LogP contribution in [0.5, 0.6) is 0 Å². The van der Waals surface area contributed by atoms with Crippen LogP contribution in [0.15, 0.2) is 18.5 Å². The van der Waals surface area contributed by atoms with E-state index in [1.54, 1.807) is 25.6 Å². The van der Waals surface area contributed by atoms with Crippen LogP contribution in [0.2, 0.25) is 0 Å². The Bertz CT molecular complexity index is 336. The van der Waals surface area contributed by atoms with Gasteiger partial charge in [-0.25, -0.2) is 0 Å². The lowest BCUT2D eigenvalue weighted by molar-refractivity contribution is 0.0658. The third kappa shape index (κ3) is 5.42. The van der Waals surface area contributed by atoms with Gasteiger partial charge in [-0.05, 0) is 24.5 Å². The normalized spacial score (nSPS) is 12.6. The summed E-state index contributed by atoms with van der Waals surface area (Å²) in [7, 11) is 1.65. The molecule has 1 atom stereocenters. The van der Waals surface area contributed by atoms with E-state index in [0.717, 1.165) is 24.1 Å². The van der Waals surface area contributed by atoms with Crippen molar-refractivity contribution in [1.29, 1.82) is 0 Å². The van der Waals surface area contributed by atoms with Crippen LogP contribution < -0.4 is 17.0 Å². The Balaban J connectivity index is 2.31. The van der Waals surface area contributed by atoms with Gasteiger partial charge in [-0.3, -0.25) is 16.3 Å². The van der Waals surface area contributed by atoms with Gasteiger partial charge in [0, 0.05) is 37.8 Å². The monoisotopic (exact) mass is 254 g/mol. The predicted octanol–water partition coefficient (Wildman–Crippen LogP) is 0.0913. The van der Waals surface area contributed by atoms with Gasteiger partial charge in [0.1, 0.15) is 0 Å². The minimum absolute atomic E-state index is 0.124. The molecule has 0 radical (unpaired) electrons. The lowest BCUT2D eigenvalue weighted by atomic mass is 10.0. The van der Waals surface area contributed by atoms with Crippen LogP contribution >= 0.6 is 0 Å². The van der Waals surface area contributed by atoms with Crippen molar-refractivity contribution >= 4 is 5.69 Å². The number of pyridine rings is 1. The summed E-state index contributed by atoms with van der Waals surface area (Å²) in [6.07, 6.45) is 5.00. The lowest BCUT2D eigenvalue weighted by Gasteiger charge is -2.16. The van der Waals surface area contributed by atoms with E-state index in [2.05, 4.69) is 10.4 Å². The van der Waals surface area contributed by atoms with Crippen LogP contribution in [0.25, 0.3) is 0 Å². The summed E-state index contributed by atoms with van der Waals surface area (Å²) < 4.78 is 10.3. The van der Waals surface area contributed by atoms with E-state index in [1.165, 1.54) is 0 Å². The van der Waals surface area contributed by atoms with Crippen molar-refractivity contribution in [3.05, 3.63) is 24.0 Å². The standard InChI is InChI=1S/C12H22N4O2/c1-17-6-7-18-5-3-11(16-14)8-10-9-15-4-2-12(10)13/h2,4,9,11,16H,3,5-8,14H2,1H3,(H2,13,15). The second kappa shape index (κ2) is 8.82. The molecule has 0 spiro atoms. The fourth-order valence-corrected chi connectivity index (χ4v) is 1.59. The van der Waals surface area contributed by atoms with E-state index >= 15 is 0 Å². The molecule has 0 aliphatic carbocycles. The van der Waals surface area contributed by atoms with Crippen molar-refractivity contribution < 1.29 is 9.47 Å². The molecule has 0 aromatic carbocycles. The van der Waals surface area contributed by atoms with Crippen molar-refractivity contribution in [2.45, 2.75) is 18.9 Å². The first-order valence-electron chi connectivity index (χ1n) is 5.99. The topological polar surface area (TPSA) is 95.4 Å². The van der Waals surface area contributed by atoms with Crippen LogP contribution in [0.3, 0.4) is 0 Å². The fraction of sp³-hybridized carbons (Fsp3) is 0.583. The van der Waals surface area contributed by atoms with Crippen LogP contribution in [0.1, 0.15) is 12.0 Å². The van der Waals surface area contributed by atoms with E-state index < -0.39 is 0 Å². The van der Waals surface area contributed by atoms with E-state index in [4.69, 9.17) is 21.1 Å². The summed E-state index contributed by atoms with van der Waals surface area (Å²) in [6.45, 7) is 1.84. The highest BCUT2D eigenvalue weighted by molar-refractivity contribution is 5.44. The van der Waals surface area contributed by atoms with Gasteiger partial charge in [0.2, 0.25) is 0 Å². The van der Waals surface area contributed by atoms with Gasteiger partial charge in [-0.1, -0.05) is 0 Å². The number of hydrogen-bond acceptors (Lipinski definition) is 6. The van der Waals surface area contributed by atoms with Crippen LogP contribution in [0.4, 0.5) is 5.69 Å². The highest BCUT2D eigenvalue weighted by Gasteiger charge is 2.09. The van der Waals surface area contributed by atoms with E-state index in [-0.39, 0.29) is 6.04 Å². The smallest absolute Gasteiger partial charge is 0.0700 e. The molecule has 0 bridgehead atoms. The van der Waals surface area contributed by atoms with Crippen molar-refractivity contribution in [3.8, 4) is 0 Å². The second-order valence-electron chi connectivity index (χ2n) is 4.04. The maximum atomic E-state index is 5.86. The molecule has 0 aliphatic rings. The van der Waals surface area contributed by atoms with E-state index in [9.17, 15) is 0 Å². The molecule has 18 heavy (non-hydrogen) atoms. The Morgan fingerprint density at radius 2 is 2.22 bits per heavy atom. The molecule has 1 rings (SSSR count). The number of methoxy groups -OCH3 is 1. The average molecular weight is 254 g/mol. The summed E-state index contributed by atoms with van der Waals surface area (Å²) in [5.74, 6) is 5.52. The second-order valence-corrected chi connectivity index (χ2v) is 4.04. The first-order valence-corrected chi connectivity index (χ1v) is 5.99. The third-order valence-corrected chi connectivity index (χ3v) is 2.69. The molecule has 0 aliphatic heterocycles. The molecule has 1 heterocycles. The summed E-state index contributed by atoms with van der Waals surface area (Å²) in [5.41, 5.74) is 10.4. The van der Waals surface area contributed by atoms with E-state index in [1.807, 2.05) is 0 Å². The van der Waals surface area contributed by atoms with Gasteiger partial charge in [-0.15, -0.1) is 0 Å². The Labute approximate surface area is 108 Å². The number of ether oxygens (including phenoxy) is 2. The third-order valence-electron chi connectivity index (χ3n) is 2.69.